The lowest BCUT2D eigenvalue weighted by molar-refractivity contribution is -0.111. The molecule has 0 aromatic heterocycles. The van der Waals surface area contributed by atoms with Crippen LogP contribution in [0.2, 0.25) is 0 Å². The molecule has 6 heteroatoms. The quantitative estimate of drug-likeness (QED) is 0.744. The summed E-state index contributed by atoms with van der Waals surface area (Å²) < 4.78 is 6.51. The molecule has 0 bridgehead atoms. The Balaban J connectivity index is 1.25. The van der Waals surface area contributed by atoms with Crippen LogP contribution in [0.25, 0.3) is 5.76 Å². The molecule has 31 heavy (non-hydrogen) atoms. The number of hydrogen-bond donors (Lipinski definition) is 1. The number of carbonyl (C=O) groups excluding carboxylic acids is 2. The zero-order valence-electron chi connectivity index (χ0n) is 17.3. The highest BCUT2D eigenvalue weighted by Crippen LogP contribution is 2.47. The third-order valence-corrected chi connectivity index (χ3v) is 7.71. The second-order valence-corrected chi connectivity index (χ2v) is 9.57. The van der Waals surface area contributed by atoms with Gasteiger partial charge in [0.05, 0.1) is 6.10 Å². The molecule has 5 rings (SSSR count). The van der Waals surface area contributed by atoms with Crippen LogP contribution in [-0.4, -0.2) is 58.7 Å². The minimum Gasteiger partial charge on any atom is -0.484 e. The highest BCUT2D eigenvalue weighted by atomic mass is 32.2. The summed E-state index contributed by atoms with van der Waals surface area (Å²) in [6.45, 7) is 2.31. The van der Waals surface area contributed by atoms with Gasteiger partial charge in [0.25, 0.3) is 0 Å². The monoisotopic (exact) mass is 435 g/mol. The van der Waals surface area contributed by atoms with Crippen molar-refractivity contribution in [2.45, 2.75) is 31.0 Å². The Bertz CT molecular complexity index is 1040. The summed E-state index contributed by atoms with van der Waals surface area (Å²) in [4.78, 5) is 27.8. The maximum Gasteiger partial charge on any atom is 0.243 e. The number of Topliss-reactive ketones (excluding diaryl/α,β-unsaturated/α-hetero) is 2. The van der Waals surface area contributed by atoms with Gasteiger partial charge in [-0.3, -0.25) is 9.59 Å². The average molecular weight is 436 g/mol. The molecule has 0 radical (unpaired) electrons. The number of thioether (sulfide) groups is 1. The summed E-state index contributed by atoms with van der Waals surface area (Å²) in [5.74, 6) is 0.362. The van der Waals surface area contributed by atoms with E-state index in [-0.39, 0.29) is 5.60 Å². The Morgan fingerprint density at radius 1 is 0.968 bits per heavy atom. The van der Waals surface area contributed by atoms with Crippen LogP contribution in [0.15, 0.2) is 59.5 Å². The topological polar surface area (TPSA) is 66.8 Å². The first-order valence-electron chi connectivity index (χ1n) is 10.7. The van der Waals surface area contributed by atoms with Crippen molar-refractivity contribution in [1.29, 1.82) is 0 Å². The lowest BCUT2D eigenvalue weighted by atomic mass is 9.90. The first-order chi connectivity index (χ1) is 15.0. The molecule has 2 aliphatic heterocycles. The Hall–Kier alpha value is -2.41. The lowest BCUT2D eigenvalue weighted by Crippen LogP contribution is -2.50. The third-order valence-electron chi connectivity index (χ3n) is 6.38. The van der Waals surface area contributed by atoms with Gasteiger partial charge in [0.2, 0.25) is 11.6 Å². The summed E-state index contributed by atoms with van der Waals surface area (Å²) in [6, 6.07) is 17.3. The number of β-amino-alcohol motifs (C(OH)–C–C–N with tert-alkyl or cyclic N) is 1. The molecular weight excluding hydrogens is 410 g/mol. The normalized spacial score (nSPS) is 21.5. The highest BCUT2D eigenvalue weighted by molar-refractivity contribution is 8.04. The molecule has 0 unspecified atom stereocenters. The fourth-order valence-electron chi connectivity index (χ4n) is 4.65. The molecule has 1 fully saturated rings. The molecule has 3 aliphatic rings. The van der Waals surface area contributed by atoms with Gasteiger partial charge in [-0.2, -0.15) is 0 Å². The number of likely N-dealkylation sites (tertiary alicyclic amines) is 1. The maximum atomic E-state index is 12.6. The Kier molecular flexibility index (Phi) is 5.46. The second kappa shape index (κ2) is 8.26. The van der Waals surface area contributed by atoms with E-state index in [0.717, 1.165) is 37.1 Å². The third kappa shape index (κ3) is 3.95. The molecule has 5 nitrogen and oxygen atoms in total. The number of fused-ring (bicyclic) bond motifs is 2. The average Bonchev–Trinajstić information content (AvgIpc) is 2.80. The van der Waals surface area contributed by atoms with Crippen LogP contribution < -0.4 is 0 Å². The highest BCUT2D eigenvalue weighted by Gasteiger charge is 2.45. The van der Waals surface area contributed by atoms with E-state index in [1.54, 1.807) is 12.1 Å². The SMILES string of the molecule is O=C1C(=O)c2ccccc2C2=C1SCC1(CCN(C[C@@H](O)Cc3ccccc3)CC1)O2. The molecule has 2 aromatic carbocycles. The molecule has 2 heterocycles. The summed E-state index contributed by atoms with van der Waals surface area (Å²) in [7, 11) is 0. The van der Waals surface area contributed by atoms with Crippen LogP contribution >= 0.6 is 11.8 Å². The van der Waals surface area contributed by atoms with Crippen molar-refractivity contribution in [1.82, 2.24) is 4.90 Å². The first kappa shape index (κ1) is 20.5. The van der Waals surface area contributed by atoms with Crippen LogP contribution in [0.3, 0.4) is 0 Å². The smallest absolute Gasteiger partial charge is 0.243 e. The van der Waals surface area contributed by atoms with E-state index in [9.17, 15) is 14.7 Å². The number of piperidine rings is 1. The number of carbonyl (C=O) groups is 2. The molecule has 1 atom stereocenters. The fourth-order valence-corrected chi connectivity index (χ4v) is 5.91. The molecule has 160 valence electrons. The van der Waals surface area contributed by atoms with Gasteiger partial charge < -0.3 is 14.7 Å². The number of hydrogen-bond acceptors (Lipinski definition) is 6. The molecule has 1 saturated heterocycles. The van der Waals surface area contributed by atoms with E-state index in [0.29, 0.717) is 34.9 Å². The van der Waals surface area contributed by atoms with Gasteiger partial charge >= 0.3 is 0 Å². The van der Waals surface area contributed by atoms with Crippen molar-refractivity contribution in [2.24, 2.45) is 0 Å². The number of nitrogens with zero attached hydrogens (tertiary/aromatic N) is 1. The fraction of sp³-hybridized carbons (Fsp3) is 0.360. The Morgan fingerprint density at radius 2 is 1.65 bits per heavy atom. The van der Waals surface area contributed by atoms with Crippen LogP contribution in [0.4, 0.5) is 0 Å². The molecule has 1 aliphatic carbocycles. The van der Waals surface area contributed by atoms with Crippen LogP contribution in [-0.2, 0) is 16.0 Å². The number of ketones is 2. The van der Waals surface area contributed by atoms with Crippen molar-refractivity contribution < 1.29 is 19.4 Å². The number of rotatable bonds is 4. The largest absolute Gasteiger partial charge is 0.484 e. The van der Waals surface area contributed by atoms with Crippen molar-refractivity contribution in [3.63, 3.8) is 0 Å². The molecular formula is C25H25NO4S. The predicted octanol–water partition coefficient (Wildman–Crippen LogP) is 3.32. The molecule has 1 spiro atoms. The van der Waals surface area contributed by atoms with Crippen molar-refractivity contribution in [2.75, 3.05) is 25.4 Å². The number of benzene rings is 2. The molecule has 0 amide bonds. The van der Waals surface area contributed by atoms with Crippen molar-refractivity contribution in [3.05, 3.63) is 76.2 Å². The Labute approximate surface area is 186 Å². The van der Waals surface area contributed by atoms with E-state index >= 15 is 0 Å². The van der Waals surface area contributed by atoms with Gasteiger partial charge in [0.15, 0.2) is 0 Å². The number of aliphatic hydroxyl groups excluding tert-OH is 1. The van der Waals surface area contributed by atoms with Gasteiger partial charge in [-0.15, -0.1) is 11.8 Å². The minimum absolute atomic E-state index is 0.335. The van der Waals surface area contributed by atoms with Crippen molar-refractivity contribution >= 4 is 29.1 Å². The summed E-state index contributed by atoms with van der Waals surface area (Å²) in [5, 5.41) is 10.5. The molecule has 2 aromatic rings. The van der Waals surface area contributed by atoms with E-state index < -0.39 is 17.7 Å². The zero-order valence-corrected chi connectivity index (χ0v) is 18.1. The van der Waals surface area contributed by atoms with Gasteiger partial charge in [-0.05, 0) is 12.0 Å². The van der Waals surface area contributed by atoms with E-state index in [1.165, 1.54) is 11.8 Å². The summed E-state index contributed by atoms with van der Waals surface area (Å²) in [6.07, 6.45) is 1.91. The van der Waals surface area contributed by atoms with Gasteiger partial charge in [0, 0.05) is 49.4 Å². The van der Waals surface area contributed by atoms with Gasteiger partial charge in [-0.1, -0.05) is 54.6 Å². The standard InChI is InChI=1S/C25H25NO4S/c27-18(14-17-6-2-1-3-7-17)15-26-12-10-25(11-13-26)16-31-24-22(29)21(28)19-8-4-5-9-20(19)23(24)30-25/h1-9,18,27H,10-16H2/t18-/m0/s1. The summed E-state index contributed by atoms with van der Waals surface area (Å²) >= 11 is 1.46. The first-order valence-corrected chi connectivity index (χ1v) is 11.7. The van der Waals surface area contributed by atoms with Gasteiger partial charge in [0.1, 0.15) is 16.3 Å². The van der Waals surface area contributed by atoms with E-state index in [4.69, 9.17) is 4.74 Å². The molecule has 1 N–H and O–H groups in total. The number of allylic oxidation sites excluding steroid dienone is 1. The number of aliphatic hydroxyl groups is 1. The molecule has 0 saturated carbocycles. The Morgan fingerprint density at radius 3 is 2.39 bits per heavy atom. The maximum absolute atomic E-state index is 12.6. The van der Waals surface area contributed by atoms with Crippen LogP contribution in [0.1, 0.15) is 34.3 Å². The summed E-state index contributed by atoms with van der Waals surface area (Å²) in [5.41, 5.74) is 1.97. The van der Waals surface area contributed by atoms with Crippen LogP contribution in [0, 0.1) is 0 Å². The predicted molar refractivity (Wildman–Crippen MR) is 121 cm³/mol. The van der Waals surface area contributed by atoms with Crippen LogP contribution in [0.5, 0.6) is 0 Å². The number of ether oxygens (including phenoxy) is 1. The lowest BCUT2D eigenvalue weighted by Gasteiger charge is -2.45. The van der Waals surface area contributed by atoms with Crippen molar-refractivity contribution in [3.8, 4) is 0 Å². The van der Waals surface area contributed by atoms with Gasteiger partial charge in [-0.25, -0.2) is 0 Å². The zero-order chi connectivity index (χ0) is 21.4. The van der Waals surface area contributed by atoms with E-state index in [1.807, 2.05) is 42.5 Å². The second-order valence-electron chi connectivity index (χ2n) is 8.58. The minimum atomic E-state index is -0.449. The van der Waals surface area contributed by atoms with E-state index in [2.05, 4.69) is 4.90 Å².